The average Bonchev–Trinajstić information content (AvgIpc) is 3.22. The first-order chi connectivity index (χ1) is 26.9. The van der Waals surface area contributed by atoms with Crippen LogP contribution in [0.4, 0.5) is 14.5 Å². The number of ether oxygens (including phenoxy) is 1. The number of aryl methyl sites for hydroxylation is 1. The molecule has 0 aliphatic carbocycles. The molecule has 5 heterocycles. The van der Waals surface area contributed by atoms with Crippen LogP contribution in [0, 0.1) is 11.6 Å². The fraction of sp³-hybridized carbons (Fsp3) is 0.211. The highest BCUT2D eigenvalue weighted by molar-refractivity contribution is 7.92. The number of sulfonamides is 1. The lowest BCUT2D eigenvalue weighted by Crippen LogP contribution is -2.39. The van der Waals surface area contributed by atoms with Crippen LogP contribution < -0.4 is 21.3 Å². The van der Waals surface area contributed by atoms with E-state index in [0.717, 1.165) is 17.4 Å². The topological polar surface area (TPSA) is 197 Å². The predicted molar refractivity (Wildman–Crippen MR) is 199 cm³/mol. The van der Waals surface area contributed by atoms with Crippen molar-refractivity contribution < 1.29 is 31.5 Å². The van der Waals surface area contributed by atoms with E-state index < -0.39 is 56.1 Å². The van der Waals surface area contributed by atoms with Crippen LogP contribution in [0.3, 0.4) is 0 Å². The van der Waals surface area contributed by atoms with Crippen LogP contribution in [0.5, 0.6) is 0 Å². The van der Waals surface area contributed by atoms with Gasteiger partial charge in [0, 0.05) is 69.0 Å². The van der Waals surface area contributed by atoms with Crippen molar-refractivity contribution in [3.63, 3.8) is 0 Å². The van der Waals surface area contributed by atoms with Gasteiger partial charge in [0.25, 0.3) is 21.5 Å². The molecule has 0 saturated carbocycles. The Morgan fingerprint density at radius 2 is 1.68 bits per heavy atom. The van der Waals surface area contributed by atoms with Crippen molar-refractivity contribution in [3.05, 3.63) is 135 Å². The van der Waals surface area contributed by atoms with E-state index in [9.17, 15) is 27.6 Å². The Morgan fingerprint density at radius 1 is 0.946 bits per heavy atom. The van der Waals surface area contributed by atoms with Crippen LogP contribution >= 0.6 is 0 Å². The summed E-state index contributed by atoms with van der Waals surface area (Å²) in [5, 5.41) is 2.56. The second kappa shape index (κ2) is 15.7. The van der Waals surface area contributed by atoms with Crippen LogP contribution in [-0.2, 0) is 33.0 Å². The largest absolute Gasteiger partial charge is 0.381 e. The summed E-state index contributed by atoms with van der Waals surface area (Å²) >= 11 is 0. The third kappa shape index (κ3) is 7.69. The van der Waals surface area contributed by atoms with Gasteiger partial charge in [-0.05, 0) is 54.3 Å². The summed E-state index contributed by atoms with van der Waals surface area (Å²) in [4.78, 5) is 67.7. The van der Waals surface area contributed by atoms with E-state index in [-0.39, 0.29) is 28.4 Å². The number of rotatable bonds is 11. The smallest absolute Gasteiger partial charge is 0.337 e. The minimum atomic E-state index is -4.39. The number of aromatic nitrogens is 6. The summed E-state index contributed by atoms with van der Waals surface area (Å²) in [6.07, 6.45) is 9.36. The lowest BCUT2D eigenvalue weighted by molar-refractivity contribution is -0.109. The number of carbonyl (C=O) groups excluding carboxylic acids is 2. The van der Waals surface area contributed by atoms with Gasteiger partial charge >= 0.3 is 5.69 Å². The van der Waals surface area contributed by atoms with E-state index >= 15 is 8.78 Å². The van der Waals surface area contributed by atoms with Gasteiger partial charge in [-0.2, -0.15) is 0 Å². The number of carbonyl (C=O) groups is 2. The lowest BCUT2D eigenvalue weighted by atomic mass is 9.99. The minimum Gasteiger partial charge on any atom is -0.381 e. The second-order valence-electron chi connectivity index (χ2n) is 13.0. The van der Waals surface area contributed by atoms with Crippen molar-refractivity contribution in [2.75, 3.05) is 17.9 Å². The molecule has 1 atom stereocenters. The van der Waals surface area contributed by atoms with E-state index in [1.54, 1.807) is 12.4 Å². The monoisotopic (exact) mass is 782 g/mol. The fourth-order valence-electron chi connectivity index (χ4n) is 6.28. The highest BCUT2D eigenvalue weighted by Crippen LogP contribution is 2.27. The van der Waals surface area contributed by atoms with Crippen LogP contribution in [0.2, 0.25) is 0 Å². The zero-order valence-corrected chi connectivity index (χ0v) is 30.4. The van der Waals surface area contributed by atoms with Crippen LogP contribution in [-0.4, -0.2) is 68.9 Å². The number of halogens is 2. The van der Waals surface area contributed by atoms with Crippen LogP contribution in [0.1, 0.15) is 40.5 Å². The van der Waals surface area contributed by atoms with Gasteiger partial charge in [0.1, 0.15) is 29.6 Å². The number of benzene rings is 2. The van der Waals surface area contributed by atoms with Crippen molar-refractivity contribution in [2.24, 2.45) is 7.05 Å². The molecule has 18 heteroatoms. The Hall–Kier alpha value is -6.53. The standard InChI is InChI=1S/C38H32F2N8O7S/c1-47-33-20-41-11-8-28(33)37(51)48(38(47)52)34-7-2-22(17-42-34)14-26(21-49)45-36(50)29-15-31(40)32(16-30(29)39)46-56(53,54)27-5-3-23(4-6-27)25-18-43-35(44-19-25)24-9-12-55-13-10-24/h2-8,11,15-21,24,26,46H,9-10,12-14H2,1H3,(H,45,50). The molecule has 1 amide bonds. The second-order valence-corrected chi connectivity index (χ2v) is 14.7. The van der Waals surface area contributed by atoms with Gasteiger partial charge < -0.3 is 14.8 Å². The van der Waals surface area contributed by atoms with Gasteiger partial charge in [-0.15, -0.1) is 0 Å². The molecule has 2 aromatic carbocycles. The first-order valence-electron chi connectivity index (χ1n) is 17.2. The normalized spacial score (nSPS) is 14.0. The molecule has 4 aromatic heterocycles. The molecule has 6 aromatic rings. The Balaban J connectivity index is 1.00. The Kier molecular flexibility index (Phi) is 10.6. The maximum absolute atomic E-state index is 15.2. The van der Waals surface area contributed by atoms with Gasteiger partial charge in [0.2, 0.25) is 0 Å². The van der Waals surface area contributed by atoms with Gasteiger partial charge in [-0.1, -0.05) is 18.2 Å². The molecule has 15 nitrogen and oxygen atoms in total. The van der Waals surface area contributed by atoms with Crippen LogP contribution in [0.15, 0.2) is 100 Å². The number of anilines is 1. The maximum Gasteiger partial charge on any atom is 0.337 e. The third-order valence-corrected chi connectivity index (χ3v) is 10.7. The minimum absolute atomic E-state index is 0.0111. The third-order valence-electron chi connectivity index (χ3n) is 9.35. The molecule has 1 saturated heterocycles. The SMILES string of the molecule is Cn1c(=O)n(-c2ccc(CC(C=O)NC(=O)c3cc(F)c(NS(=O)(=O)c4ccc(-c5cnc(C6CCOCC6)nc5)cc4)cc3F)cn2)c(=O)c2ccncc21. The number of amides is 1. The highest BCUT2D eigenvalue weighted by atomic mass is 32.2. The van der Waals surface area contributed by atoms with Crippen molar-refractivity contribution >= 4 is 38.8 Å². The molecule has 1 aliphatic heterocycles. The number of nitrogens with one attached hydrogen (secondary N) is 2. The first-order valence-corrected chi connectivity index (χ1v) is 18.7. The number of fused-ring (bicyclic) bond motifs is 1. The summed E-state index contributed by atoms with van der Waals surface area (Å²) in [5.74, 6) is -2.70. The van der Waals surface area contributed by atoms with Crippen molar-refractivity contribution in [1.82, 2.24) is 34.4 Å². The van der Waals surface area contributed by atoms with E-state index in [1.165, 1.54) is 72.7 Å². The van der Waals surface area contributed by atoms with Gasteiger partial charge in [0.15, 0.2) is 0 Å². The molecular weight excluding hydrogens is 751 g/mol. The van der Waals surface area contributed by atoms with Crippen molar-refractivity contribution in [3.8, 4) is 16.9 Å². The fourth-order valence-corrected chi connectivity index (χ4v) is 7.34. The molecule has 0 radical (unpaired) electrons. The number of nitrogens with zero attached hydrogens (tertiary/aromatic N) is 6. The quantitative estimate of drug-likeness (QED) is 0.183. The van der Waals surface area contributed by atoms with Gasteiger partial charge in [-0.3, -0.25) is 23.9 Å². The zero-order chi connectivity index (χ0) is 39.6. The molecule has 2 N–H and O–H groups in total. The average molecular weight is 783 g/mol. The Bertz CT molecular complexity index is 2680. The Labute approximate surface area is 317 Å². The van der Waals surface area contributed by atoms with E-state index in [1.807, 2.05) is 4.72 Å². The van der Waals surface area contributed by atoms with Crippen molar-refractivity contribution in [1.29, 1.82) is 0 Å². The zero-order valence-electron chi connectivity index (χ0n) is 29.6. The molecule has 56 heavy (non-hydrogen) atoms. The van der Waals surface area contributed by atoms with Crippen LogP contribution in [0.25, 0.3) is 27.8 Å². The molecular formula is C38H32F2N8O7S. The molecule has 1 fully saturated rings. The number of pyridine rings is 2. The summed E-state index contributed by atoms with van der Waals surface area (Å²) in [6, 6.07) is 9.84. The van der Waals surface area contributed by atoms with E-state index in [4.69, 9.17) is 4.74 Å². The van der Waals surface area contributed by atoms with E-state index in [2.05, 4.69) is 25.3 Å². The Morgan fingerprint density at radius 3 is 2.36 bits per heavy atom. The molecule has 1 unspecified atom stereocenters. The number of aldehydes is 1. The number of hydrogen-bond acceptors (Lipinski definition) is 11. The summed E-state index contributed by atoms with van der Waals surface area (Å²) < 4.78 is 66.1. The summed E-state index contributed by atoms with van der Waals surface area (Å²) in [6.45, 7) is 1.30. The number of hydrogen-bond donors (Lipinski definition) is 2. The van der Waals surface area contributed by atoms with Crippen molar-refractivity contribution in [2.45, 2.75) is 36.1 Å². The highest BCUT2D eigenvalue weighted by Gasteiger charge is 2.24. The summed E-state index contributed by atoms with van der Waals surface area (Å²) in [7, 11) is -2.91. The van der Waals surface area contributed by atoms with Gasteiger partial charge in [0.05, 0.1) is 39.3 Å². The van der Waals surface area contributed by atoms with Gasteiger partial charge in [-0.25, -0.2) is 41.5 Å². The molecule has 7 rings (SSSR count). The lowest BCUT2D eigenvalue weighted by Gasteiger charge is -2.20. The molecule has 286 valence electrons. The maximum atomic E-state index is 15.2. The van der Waals surface area contributed by atoms with E-state index in [0.29, 0.717) is 59.7 Å². The molecule has 0 bridgehead atoms. The molecule has 0 spiro atoms. The predicted octanol–water partition coefficient (Wildman–Crippen LogP) is 3.45. The molecule has 1 aliphatic rings. The first kappa shape index (κ1) is 37.8. The summed E-state index contributed by atoms with van der Waals surface area (Å²) in [5.41, 5.74) is -0.736.